The zero-order valence-electron chi connectivity index (χ0n) is 47.6. The predicted molar refractivity (Wildman–Crippen MR) is 312 cm³/mol. The summed E-state index contributed by atoms with van der Waals surface area (Å²) in [6.07, 6.45) is 7.13. The van der Waals surface area contributed by atoms with E-state index in [1.807, 2.05) is 0 Å². The van der Waals surface area contributed by atoms with Crippen molar-refractivity contribution in [3.63, 3.8) is 0 Å². The summed E-state index contributed by atoms with van der Waals surface area (Å²) in [5, 5.41) is 19.3. The van der Waals surface area contributed by atoms with E-state index in [0.717, 1.165) is 5.56 Å². The number of rotatable bonds is 17. The largest absolute Gasteiger partial charge is 0.481 e. The highest BCUT2D eigenvalue weighted by molar-refractivity contribution is 6.68. The topological polar surface area (TPSA) is 312 Å². The molecular weight excluding hydrogens is 1220 g/mol. The van der Waals surface area contributed by atoms with Crippen LogP contribution in [-0.2, 0) is 70.1 Å². The quantitative estimate of drug-likeness (QED) is 0.0509. The molecular formula is C53H79Cl6N9O15. The van der Waals surface area contributed by atoms with Gasteiger partial charge in [0.1, 0.15) is 60.2 Å². The number of aliphatic carboxylic acids is 1. The van der Waals surface area contributed by atoms with Crippen molar-refractivity contribution in [2.45, 2.75) is 183 Å². The molecule has 2 aliphatic heterocycles. The van der Waals surface area contributed by atoms with Gasteiger partial charge in [0.25, 0.3) is 11.8 Å². The molecule has 2 aromatic heterocycles. The van der Waals surface area contributed by atoms with E-state index in [2.05, 4.69) is 36.8 Å². The van der Waals surface area contributed by atoms with Gasteiger partial charge in [-0.05, 0) is 132 Å². The lowest BCUT2D eigenvalue weighted by Gasteiger charge is -2.34. The van der Waals surface area contributed by atoms with Crippen LogP contribution in [0, 0.1) is 5.92 Å². The number of hydrazine groups is 2. The van der Waals surface area contributed by atoms with Crippen LogP contribution in [0.2, 0.25) is 0 Å². The van der Waals surface area contributed by atoms with Crippen molar-refractivity contribution in [3.05, 3.63) is 60.2 Å². The summed E-state index contributed by atoms with van der Waals surface area (Å²) in [5.41, 5.74) is 5.03. The van der Waals surface area contributed by atoms with Gasteiger partial charge in [-0.1, -0.05) is 89.2 Å². The molecule has 2 aliphatic rings. The van der Waals surface area contributed by atoms with Crippen molar-refractivity contribution in [1.82, 2.24) is 46.8 Å². The minimum Gasteiger partial charge on any atom is -0.481 e. The van der Waals surface area contributed by atoms with E-state index in [9.17, 15) is 43.2 Å². The second kappa shape index (κ2) is 34.7. The number of pyridine rings is 2. The molecule has 6 atom stereocenters. The molecule has 0 aliphatic carbocycles. The molecule has 0 radical (unpaired) electrons. The van der Waals surface area contributed by atoms with Crippen molar-refractivity contribution >= 4 is 123 Å². The zero-order valence-corrected chi connectivity index (χ0v) is 52.1. The fourth-order valence-corrected chi connectivity index (χ4v) is 7.50. The molecule has 2 fully saturated rings. The van der Waals surface area contributed by atoms with Gasteiger partial charge in [0.05, 0.1) is 12.3 Å². The molecule has 0 bridgehead atoms. The molecule has 2 saturated heterocycles. The van der Waals surface area contributed by atoms with Crippen LogP contribution in [0.3, 0.4) is 0 Å². The van der Waals surface area contributed by atoms with E-state index in [1.165, 1.54) is 23.9 Å². The lowest BCUT2D eigenvalue weighted by atomic mass is 9.97. The maximum Gasteiger partial charge on any atom is 0.408 e. The third-order valence-electron chi connectivity index (χ3n) is 10.6. The summed E-state index contributed by atoms with van der Waals surface area (Å²) in [6, 6.07) is 2.59. The van der Waals surface area contributed by atoms with Gasteiger partial charge in [-0.25, -0.2) is 20.4 Å². The Balaban J connectivity index is 0.000000655. The molecule has 5 amide bonds. The number of hydrogen-bond acceptors (Lipinski definition) is 18. The summed E-state index contributed by atoms with van der Waals surface area (Å²) < 4.78 is 22.0. The van der Waals surface area contributed by atoms with E-state index < -0.39 is 121 Å². The molecule has 24 nitrogen and oxygen atoms in total. The Hall–Kier alpha value is -5.21. The summed E-state index contributed by atoms with van der Waals surface area (Å²) >= 11 is 33.5. The van der Waals surface area contributed by atoms with Crippen molar-refractivity contribution in [3.8, 4) is 0 Å². The molecule has 0 unspecified atom stereocenters. The monoisotopic (exact) mass is 1290 g/mol. The number of carbonyl (C=O) groups excluding carboxylic acids is 8. The fourth-order valence-electron chi connectivity index (χ4n) is 7.17. The Bertz CT molecular complexity index is 2440. The first-order chi connectivity index (χ1) is 37.7. The van der Waals surface area contributed by atoms with Gasteiger partial charge in [-0.2, -0.15) is 0 Å². The first kappa shape index (κ1) is 75.8. The Morgan fingerprint density at radius 2 is 1.02 bits per heavy atom. The summed E-state index contributed by atoms with van der Waals surface area (Å²) in [4.78, 5) is 118. The maximum atomic E-state index is 13.1. The fraction of sp³-hybridized carbons (Fsp3) is 0.642. The molecule has 83 heavy (non-hydrogen) atoms. The number of nitrogens with one attached hydrogen (secondary N) is 5. The van der Waals surface area contributed by atoms with Gasteiger partial charge >= 0.3 is 36.1 Å². The van der Waals surface area contributed by atoms with Crippen LogP contribution in [0.25, 0.3) is 0 Å². The van der Waals surface area contributed by atoms with Crippen LogP contribution in [0.4, 0.5) is 9.59 Å². The number of ether oxygens (including phenoxy) is 5. The van der Waals surface area contributed by atoms with Crippen LogP contribution in [-0.4, -0.2) is 160 Å². The number of alkyl carbamates (subject to hydrolysis) is 2. The lowest BCUT2D eigenvalue weighted by Crippen LogP contribution is -2.60. The van der Waals surface area contributed by atoms with Crippen molar-refractivity contribution in [2.75, 3.05) is 26.3 Å². The summed E-state index contributed by atoms with van der Waals surface area (Å²) in [6.45, 7) is 18.4. The third kappa shape index (κ3) is 33.2. The Kier molecular flexibility index (Phi) is 31.7. The molecule has 0 spiro atoms. The van der Waals surface area contributed by atoms with E-state index in [0.29, 0.717) is 44.3 Å². The Morgan fingerprint density at radius 1 is 0.627 bits per heavy atom. The summed E-state index contributed by atoms with van der Waals surface area (Å²) in [7, 11) is 0. The molecule has 6 N–H and O–H groups in total. The van der Waals surface area contributed by atoms with Crippen LogP contribution >= 0.6 is 69.6 Å². The Morgan fingerprint density at radius 3 is 1.40 bits per heavy atom. The molecule has 30 heteroatoms. The smallest absolute Gasteiger partial charge is 0.408 e. The predicted octanol–water partition coefficient (Wildman–Crippen LogP) is 7.43. The summed E-state index contributed by atoms with van der Waals surface area (Å²) in [5.74, 6) is -5.07. The van der Waals surface area contributed by atoms with Gasteiger partial charge in [-0.3, -0.25) is 53.5 Å². The maximum absolute atomic E-state index is 13.1. The highest BCUT2D eigenvalue weighted by atomic mass is 35.6. The number of amides is 5. The van der Waals surface area contributed by atoms with Crippen LogP contribution in [0.5, 0.6) is 0 Å². The zero-order chi connectivity index (χ0) is 62.4. The SMILES string of the molecule is C.CC(C)(C)OC(=O)C[C@@H](Cc1cccnc1)C(=O)O.C[C@H](NC(=O)OC(C)(C)C)C(=O)N1CCC[C@@H](C(=O)OCC(Cl)(Cl)Cl)N1.C[C@H](NC(=O)[C@H](Cc1cccnc1)NC(=O)OC(C)(C)C)C(=O)N1CCC[C@@H](C(=O)OCC(Cl)(Cl)Cl)N1. The van der Waals surface area contributed by atoms with E-state index in [-0.39, 0.29) is 33.3 Å². The first-order valence-corrected chi connectivity index (χ1v) is 28.1. The van der Waals surface area contributed by atoms with Crippen molar-refractivity contribution in [1.29, 1.82) is 0 Å². The normalized spacial score (nSPS) is 17.0. The molecule has 0 aromatic carbocycles. The number of carbonyl (C=O) groups is 9. The number of hydrogen-bond donors (Lipinski definition) is 6. The van der Waals surface area contributed by atoms with E-state index in [1.54, 1.807) is 111 Å². The number of aromatic nitrogens is 2. The highest BCUT2D eigenvalue weighted by Gasteiger charge is 2.36. The molecule has 468 valence electrons. The molecule has 0 saturated carbocycles. The highest BCUT2D eigenvalue weighted by Crippen LogP contribution is 2.27. The molecule has 2 aromatic rings. The number of alkyl halides is 6. The third-order valence-corrected chi connectivity index (χ3v) is 11.3. The Labute approximate surface area is 514 Å². The van der Waals surface area contributed by atoms with E-state index >= 15 is 0 Å². The minimum absolute atomic E-state index is 0. The molecule has 4 heterocycles. The number of halogens is 6. The second-order valence-corrected chi connectivity index (χ2v) is 26.9. The first-order valence-electron chi connectivity index (χ1n) is 25.8. The van der Waals surface area contributed by atoms with Crippen LogP contribution in [0.1, 0.15) is 127 Å². The average Bonchev–Trinajstić information content (AvgIpc) is 3.49. The second-order valence-electron chi connectivity index (χ2n) is 21.8. The van der Waals surface area contributed by atoms with Crippen LogP contribution in [0.15, 0.2) is 49.1 Å². The lowest BCUT2D eigenvalue weighted by molar-refractivity contribution is -0.159. The van der Waals surface area contributed by atoms with Crippen LogP contribution < -0.4 is 26.8 Å². The number of nitrogens with zero attached hydrogens (tertiary/aromatic N) is 4. The van der Waals surface area contributed by atoms with Gasteiger partial charge in [0.15, 0.2) is 0 Å². The number of esters is 3. The number of carboxylic acids is 1. The molecule has 4 rings (SSSR count). The minimum atomic E-state index is -1.75. The van der Waals surface area contributed by atoms with E-state index in [4.69, 9.17) is 98.4 Å². The number of carboxylic acid groups (broad SMARTS) is 1. The van der Waals surface area contributed by atoms with Gasteiger partial charge in [-0.15, -0.1) is 0 Å². The van der Waals surface area contributed by atoms with Crippen molar-refractivity contribution < 1.29 is 71.9 Å². The van der Waals surface area contributed by atoms with Gasteiger partial charge in [0.2, 0.25) is 13.5 Å². The van der Waals surface area contributed by atoms with Gasteiger partial charge < -0.3 is 44.7 Å². The average molecular weight is 1290 g/mol. The van der Waals surface area contributed by atoms with Crippen molar-refractivity contribution in [2.24, 2.45) is 5.92 Å². The standard InChI is InChI=1S/C23H32Cl3N5O6.C15H24Cl3N3O5.C14H19NO4.CH4/c1-14(19(33)31-10-6-8-16(30-31)20(34)36-13-23(24,25)26)28-18(32)17(11-15-7-5-9-27-12-15)29-21(35)37-22(2,3)4;1-9(19-13(24)26-14(2,3)4)11(22)21-7-5-6-10(20-21)12(23)25-8-15(16,17)18;1-14(2,3)19-12(16)8-11(13(17)18)7-10-5-4-6-15-9-10;/h5,7,9,12,14,16-17,30H,6,8,10-11,13H2,1-4H3,(H,28,32)(H,29,35);9-10,20H,5-8H2,1-4H3,(H,19,24);4-6,9,11H,7-8H2,1-3H3,(H,17,18);1H4/t14-,16-,17-;9-,10-;11-;/m001./s1. The van der Waals surface area contributed by atoms with Gasteiger partial charge in [0, 0.05) is 44.3 Å².